The van der Waals surface area contributed by atoms with Gasteiger partial charge in [-0.3, -0.25) is 9.59 Å². The van der Waals surface area contributed by atoms with Gasteiger partial charge >= 0.3 is 6.18 Å². The lowest BCUT2D eigenvalue weighted by molar-refractivity contribution is -0.140. The number of likely N-dealkylation sites (tertiary alicyclic amines) is 1. The first-order valence-electron chi connectivity index (χ1n) is 12.4. The number of halogens is 3. The van der Waals surface area contributed by atoms with Crippen LogP contribution in [0.25, 0.3) is 16.7 Å². The monoisotopic (exact) mass is 554 g/mol. The van der Waals surface area contributed by atoms with Crippen LogP contribution in [0.4, 0.5) is 24.8 Å². The largest absolute Gasteiger partial charge is 0.416 e. The highest BCUT2D eigenvalue weighted by Crippen LogP contribution is 2.34. The quantitative estimate of drug-likeness (QED) is 0.340. The number of fused-ring (bicyclic) bond motifs is 1. The van der Waals surface area contributed by atoms with E-state index in [-0.39, 0.29) is 29.0 Å². The van der Waals surface area contributed by atoms with Crippen LogP contribution in [-0.4, -0.2) is 65.7 Å². The number of alkyl halides is 3. The Morgan fingerprint density at radius 1 is 1.10 bits per heavy atom. The number of aliphatic hydroxyl groups is 1. The number of amides is 2. The molecule has 2 amide bonds. The number of aromatic nitrogens is 5. The molecule has 0 saturated carbocycles. The molecule has 4 N–H and O–H groups in total. The number of nitrogens with one attached hydrogen (secondary N) is 1. The van der Waals surface area contributed by atoms with Gasteiger partial charge in [0.2, 0.25) is 0 Å². The maximum Gasteiger partial charge on any atom is 0.416 e. The number of piperidine rings is 1. The first-order chi connectivity index (χ1) is 19.0. The number of pyridine rings is 1. The van der Waals surface area contributed by atoms with Gasteiger partial charge in [-0.1, -0.05) is 0 Å². The fraction of sp³-hybridized carbons (Fsp3) is 0.308. The van der Waals surface area contributed by atoms with Crippen molar-refractivity contribution >= 4 is 34.5 Å². The van der Waals surface area contributed by atoms with Crippen LogP contribution in [0.2, 0.25) is 0 Å². The molecule has 1 aromatic carbocycles. The molecule has 0 spiro atoms. The molecule has 1 aliphatic rings. The third-order valence-electron chi connectivity index (χ3n) is 6.77. The zero-order valence-electron chi connectivity index (χ0n) is 21.3. The third-order valence-corrected chi connectivity index (χ3v) is 6.77. The van der Waals surface area contributed by atoms with Crippen LogP contribution < -0.4 is 11.1 Å². The van der Waals surface area contributed by atoms with E-state index in [4.69, 9.17) is 10.8 Å². The Hall–Kier alpha value is -4.59. The van der Waals surface area contributed by atoms with Crippen LogP contribution in [0, 0.1) is 0 Å². The van der Waals surface area contributed by atoms with Crippen molar-refractivity contribution in [1.29, 1.82) is 0 Å². The summed E-state index contributed by atoms with van der Waals surface area (Å²) in [6, 6.07) is 7.84. The molecule has 4 heterocycles. The Balaban J connectivity index is 1.39. The van der Waals surface area contributed by atoms with Gasteiger partial charge in [-0.25, -0.2) is 19.6 Å². The fourth-order valence-electron chi connectivity index (χ4n) is 4.71. The summed E-state index contributed by atoms with van der Waals surface area (Å²) in [5.41, 5.74) is 7.80. The third kappa shape index (κ3) is 5.30. The number of carbonyl (C=O) groups excluding carboxylic acids is 2. The molecule has 5 rings (SSSR count). The van der Waals surface area contributed by atoms with Crippen LogP contribution >= 0.6 is 0 Å². The van der Waals surface area contributed by atoms with E-state index in [9.17, 15) is 27.9 Å². The van der Waals surface area contributed by atoms with E-state index in [1.54, 1.807) is 21.7 Å². The number of anilines is 2. The van der Waals surface area contributed by atoms with Gasteiger partial charge in [0.05, 0.1) is 16.9 Å². The van der Waals surface area contributed by atoms with Crippen molar-refractivity contribution in [2.75, 3.05) is 24.1 Å². The maximum absolute atomic E-state index is 13.0. The second kappa shape index (κ2) is 10.5. The molecule has 1 saturated heterocycles. The minimum atomic E-state index is -4.56. The van der Waals surface area contributed by atoms with Gasteiger partial charge in [0.15, 0.2) is 5.82 Å². The number of benzene rings is 1. The predicted octanol–water partition coefficient (Wildman–Crippen LogP) is 3.15. The van der Waals surface area contributed by atoms with Crippen molar-refractivity contribution in [3.8, 4) is 5.69 Å². The van der Waals surface area contributed by atoms with Gasteiger partial charge in [0.1, 0.15) is 29.3 Å². The van der Waals surface area contributed by atoms with E-state index in [1.165, 1.54) is 25.4 Å². The molecule has 3 aromatic heterocycles. The average molecular weight is 555 g/mol. The highest BCUT2D eigenvalue weighted by atomic mass is 19.4. The summed E-state index contributed by atoms with van der Waals surface area (Å²) in [5.74, 6) is -0.971. The van der Waals surface area contributed by atoms with Crippen LogP contribution in [0.3, 0.4) is 0 Å². The molecule has 1 unspecified atom stereocenters. The summed E-state index contributed by atoms with van der Waals surface area (Å²) in [5, 5.41) is 16.8. The number of carbonyl (C=O) groups is 2. The molecule has 1 atom stereocenters. The van der Waals surface area contributed by atoms with Crippen LogP contribution in [0.5, 0.6) is 0 Å². The molecule has 208 valence electrons. The standard InChI is InChI=1S/C26H25F3N8O3/c1-14(38)25(40)36-10-7-15(8-11-36)20-21-22(23(30)33-13-32-21)37(35-20)18-4-2-16(3-5-18)24(39)34-19-12-17(6-9-31-19)26(27,28)29/h2-6,9,12-15,38H,7-8,10-11H2,1H3,(H2,30,32,33)(H,31,34,39). The van der Waals surface area contributed by atoms with Crippen LogP contribution in [-0.2, 0) is 11.0 Å². The Morgan fingerprint density at radius 2 is 1.80 bits per heavy atom. The SMILES string of the molecule is CC(O)C(=O)N1CCC(c2nn(-c3ccc(C(=O)Nc4cc(C(F)(F)F)ccn4)cc3)c3c(N)ncnc23)CC1. The molecule has 0 radical (unpaired) electrons. The zero-order chi connectivity index (χ0) is 28.6. The number of aliphatic hydroxyl groups excluding tert-OH is 1. The van der Waals surface area contributed by atoms with E-state index in [2.05, 4.69) is 20.3 Å². The van der Waals surface area contributed by atoms with Gasteiger partial charge in [0.25, 0.3) is 11.8 Å². The van der Waals surface area contributed by atoms with Crippen LogP contribution in [0.1, 0.15) is 47.3 Å². The summed E-state index contributed by atoms with van der Waals surface area (Å²) >= 11 is 0. The highest BCUT2D eigenvalue weighted by molar-refractivity contribution is 6.04. The molecular weight excluding hydrogens is 529 g/mol. The smallest absolute Gasteiger partial charge is 0.384 e. The number of nitrogen functional groups attached to an aromatic ring is 1. The van der Waals surface area contributed by atoms with Crippen molar-refractivity contribution in [2.24, 2.45) is 0 Å². The molecule has 0 bridgehead atoms. The molecule has 40 heavy (non-hydrogen) atoms. The van der Waals surface area contributed by atoms with Crippen molar-refractivity contribution in [2.45, 2.75) is 38.0 Å². The Morgan fingerprint density at radius 3 is 2.45 bits per heavy atom. The molecular formula is C26H25F3N8O3. The van der Waals surface area contributed by atoms with Gasteiger partial charge in [0, 0.05) is 30.8 Å². The lowest BCUT2D eigenvalue weighted by Crippen LogP contribution is -2.42. The second-order valence-electron chi connectivity index (χ2n) is 9.46. The van der Waals surface area contributed by atoms with Crippen molar-refractivity contribution in [3.05, 3.63) is 65.7 Å². The molecule has 0 aliphatic carbocycles. The first-order valence-corrected chi connectivity index (χ1v) is 12.4. The van der Waals surface area contributed by atoms with E-state index < -0.39 is 23.8 Å². The minimum absolute atomic E-state index is 0.0129. The summed E-state index contributed by atoms with van der Waals surface area (Å²) in [6.45, 7) is 2.38. The van der Waals surface area contributed by atoms with E-state index in [1.807, 2.05) is 0 Å². The summed E-state index contributed by atoms with van der Waals surface area (Å²) < 4.78 is 40.5. The van der Waals surface area contributed by atoms with Crippen molar-refractivity contribution in [1.82, 2.24) is 29.6 Å². The van der Waals surface area contributed by atoms with Gasteiger partial charge in [-0.15, -0.1) is 0 Å². The first kappa shape index (κ1) is 27.0. The van der Waals surface area contributed by atoms with E-state index in [0.29, 0.717) is 48.3 Å². The lowest BCUT2D eigenvalue weighted by atomic mass is 9.92. The fourth-order valence-corrected chi connectivity index (χ4v) is 4.71. The molecule has 4 aromatic rings. The van der Waals surface area contributed by atoms with E-state index >= 15 is 0 Å². The summed E-state index contributed by atoms with van der Waals surface area (Å²) in [4.78, 5) is 38.8. The minimum Gasteiger partial charge on any atom is -0.384 e. The molecule has 1 fully saturated rings. The number of nitrogens with two attached hydrogens (primary N) is 1. The number of rotatable bonds is 5. The van der Waals surface area contributed by atoms with Crippen molar-refractivity contribution < 1.29 is 27.9 Å². The van der Waals surface area contributed by atoms with Gasteiger partial charge in [-0.05, 0) is 56.2 Å². The second-order valence-corrected chi connectivity index (χ2v) is 9.46. The normalized spacial score (nSPS) is 15.3. The van der Waals surface area contributed by atoms with Gasteiger partial charge < -0.3 is 21.1 Å². The highest BCUT2D eigenvalue weighted by Gasteiger charge is 2.31. The number of nitrogens with zero attached hydrogens (tertiary/aromatic N) is 6. The Kier molecular flexibility index (Phi) is 7.10. The van der Waals surface area contributed by atoms with Crippen LogP contribution in [0.15, 0.2) is 48.9 Å². The topological polar surface area (TPSA) is 152 Å². The molecule has 14 heteroatoms. The lowest BCUT2D eigenvalue weighted by Gasteiger charge is -2.32. The molecule has 1 aliphatic heterocycles. The Bertz CT molecular complexity index is 1560. The average Bonchev–Trinajstić information content (AvgIpc) is 3.33. The maximum atomic E-state index is 13.0. The summed E-state index contributed by atoms with van der Waals surface area (Å²) in [6.07, 6.45) is -2.05. The summed E-state index contributed by atoms with van der Waals surface area (Å²) in [7, 11) is 0. The van der Waals surface area contributed by atoms with E-state index in [0.717, 1.165) is 18.3 Å². The molecule has 11 nitrogen and oxygen atoms in total. The number of hydrogen-bond donors (Lipinski definition) is 3. The van der Waals surface area contributed by atoms with Gasteiger partial charge in [-0.2, -0.15) is 18.3 Å². The number of hydrogen-bond acceptors (Lipinski definition) is 8. The Labute approximate surface area is 225 Å². The predicted molar refractivity (Wildman–Crippen MR) is 139 cm³/mol. The van der Waals surface area contributed by atoms with Crippen molar-refractivity contribution in [3.63, 3.8) is 0 Å². The zero-order valence-corrected chi connectivity index (χ0v) is 21.3.